The van der Waals surface area contributed by atoms with Gasteiger partial charge in [0.1, 0.15) is 0 Å². The molecule has 0 fully saturated rings. The van der Waals surface area contributed by atoms with Gasteiger partial charge in [0.15, 0.2) is 0 Å². The van der Waals surface area contributed by atoms with Gasteiger partial charge in [0.25, 0.3) is 0 Å². The van der Waals surface area contributed by atoms with E-state index >= 15 is 0 Å². The van der Waals surface area contributed by atoms with Crippen molar-refractivity contribution in [1.29, 1.82) is 0 Å². The molecule has 1 aromatic rings. The van der Waals surface area contributed by atoms with E-state index in [1.807, 2.05) is 10.9 Å². The van der Waals surface area contributed by atoms with E-state index in [1.165, 1.54) is 5.56 Å². The molecule has 0 aromatic carbocycles. The van der Waals surface area contributed by atoms with Gasteiger partial charge in [-0.1, -0.05) is 27.7 Å². The molecular weight excluding hydrogens is 198 g/mol. The molecule has 0 bridgehead atoms. The Kier molecular flexibility index (Phi) is 5.53. The average Bonchev–Trinajstić information content (AvgIpc) is 2.66. The smallest absolute Gasteiger partial charge is 0.0534 e. The second kappa shape index (κ2) is 6.69. The number of nitrogens with one attached hydrogen (secondary N) is 1. The maximum atomic E-state index is 4.32. The molecule has 0 aliphatic rings. The molecule has 1 atom stereocenters. The summed E-state index contributed by atoms with van der Waals surface area (Å²) in [4.78, 5) is 0. The Morgan fingerprint density at radius 2 is 2.12 bits per heavy atom. The zero-order valence-corrected chi connectivity index (χ0v) is 11.0. The molecular formula is C13H25N3. The molecule has 0 spiro atoms. The van der Waals surface area contributed by atoms with Gasteiger partial charge in [-0.2, -0.15) is 5.10 Å². The third-order valence-corrected chi connectivity index (χ3v) is 3.07. The first kappa shape index (κ1) is 13.2. The molecule has 3 heteroatoms. The Morgan fingerprint density at radius 1 is 1.38 bits per heavy atom. The molecule has 1 unspecified atom stereocenters. The van der Waals surface area contributed by atoms with E-state index < -0.39 is 0 Å². The summed E-state index contributed by atoms with van der Waals surface area (Å²) < 4.78 is 2.02. The van der Waals surface area contributed by atoms with Gasteiger partial charge in [-0.25, -0.2) is 0 Å². The molecule has 0 saturated heterocycles. The molecule has 0 aliphatic carbocycles. The number of aromatic nitrogens is 2. The molecule has 16 heavy (non-hydrogen) atoms. The summed E-state index contributed by atoms with van der Waals surface area (Å²) >= 11 is 0. The van der Waals surface area contributed by atoms with Gasteiger partial charge in [-0.3, -0.25) is 4.68 Å². The van der Waals surface area contributed by atoms with Crippen LogP contribution in [0.3, 0.4) is 0 Å². The predicted octanol–water partition coefficient (Wildman–Crippen LogP) is 2.67. The summed E-state index contributed by atoms with van der Waals surface area (Å²) in [6, 6.07) is 0. The minimum atomic E-state index is 0.727. The fourth-order valence-electron chi connectivity index (χ4n) is 1.53. The van der Waals surface area contributed by atoms with Crippen LogP contribution >= 0.6 is 0 Å². The van der Waals surface area contributed by atoms with Crippen molar-refractivity contribution < 1.29 is 0 Å². The van der Waals surface area contributed by atoms with Crippen LogP contribution in [0.2, 0.25) is 0 Å². The molecule has 1 N–H and O–H groups in total. The zero-order chi connectivity index (χ0) is 12.0. The largest absolute Gasteiger partial charge is 0.312 e. The van der Waals surface area contributed by atoms with Crippen LogP contribution in [0.5, 0.6) is 0 Å². The first-order chi connectivity index (χ1) is 7.63. The molecule has 0 radical (unpaired) electrons. The van der Waals surface area contributed by atoms with E-state index in [2.05, 4.69) is 44.3 Å². The predicted molar refractivity (Wildman–Crippen MR) is 68.2 cm³/mol. The van der Waals surface area contributed by atoms with E-state index in [-0.39, 0.29) is 0 Å². The average molecular weight is 223 g/mol. The molecule has 3 nitrogen and oxygen atoms in total. The second-order valence-electron chi connectivity index (χ2n) is 4.96. The van der Waals surface area contributed by atoms with Crippen LogP contribution in [0.15, 0.2) is 12.4 Å². The summed E-state index contributed by atoms with van der Waals surface area (Å²) in [5.41, 5.74) is 1.28. The minimum absolute atomic E-state index is 0.727. The third kappa shape index (κ3) is 4.35. The highest BCUT2D eigenvalue weighted by molar-refractivity contribution is 5.03. The van der Waals surface area contributed by atoms with Crippen molar-refractivity contribution in [3.8, 4) is 0 Å². The summed E-state index contributed by atoms with van der Waals surface area (Å²) in [6.07, 6.45) is 5.23. The molecule has 1 rings (SSSR count). The first-order valence-corrected chi connectivity index (χ1v) is 6.35. The van der Waals surface area contributed by atoms with Crippen molar-refractivity contribution in [3.05, 3.63) is 18.0 Å². The van der Waals surface area contributed by atoms with E-state index in [0.29, 0.717) is 0 Å². The molecule has 1 heterocycles. The standard InChI is InChI=1S/C13H25N3/c1-5-6-16-10-13(9-15-16)8-14-7-12(4)11(2)3/h9-12,14H,5-8H2,1-4H3. The van der Waals surface area contributed by atoms with Gasteiger partial charge in [-0.05, 0) is 24.8 Å². The van der Waals surface area contributed by atoms with Crippen molar-refractivity contribution in [2.75, 3.05) is 6.54 Å². The Bertz CT molecular complexity index is 291. The van der Waals surface area contributed by atoms with Crippen LogP contribution in [-0.2, 0) is 13.1 Å². The number of hydrogen-bond donors (Lipinski definition) is 1. The van der Waals surface area contributed by atoms with E-state index in [1.54, 1.807) is 0 Å². The van der Waals surface area contributed by atoms with E-state index in [9.17, 15) is 0 Å². The van der Waals surface area contributed by atoms with Crippen molar-refractivity contribution in [3.63, 3.8) is 0 Å². The number of rotatable bonds is 7. The van der Waals surface area contributed by atoms with Crippen molar-refractivity contribution >= 4 is 0 Å². The number of hydrogen-bond acceptors (Lipinski definition) is 2. The lowest BCUT2D eigenvalue weighted by Gasteiger charge is -2.15. The summed E-state index contributed by atoms with van der Waals surface area (Å²) in [5.74, 6) is 1.47. The Balaban J connectivity index is 2.26. The highest BCUT2D eigenvalue weighted by Gasteiger charge is 2.06. The van der Waals surface area contributed by atoms with Gasteiger partial charge in [0.05, 0.1) is 6.20 Å². The fraction of sp³-hybridized carbons (Fsp3) is 0.769. The highest BCUT2D eigenvalue weighted by atomic mass is 15.3. The van der Waals surface area contributed by atoms with Crippen molar-refractivity contribution in [2.24, 2.45) is 11.8 Å². The fourth-order valence-corrected chi connectivity index (χ4v) is 1.53. The first-order valence-electron chi connectivity index (χ1n) is 6.35. The van der Waals surface area contributed by atoms with Crippen LogP contribution in [0.4, 0.5) is 0 Å². The Morgan fingerprint density at radius 3 is 2.75 bits per heavy atom. The summed E-state index contributed by atoms with van der Waals surface area (Å²) in [7, 11) is 0. The second-order valence-corrected chi connectivity index (χ2v) is 4.96. The lowest BCUT2D eigenvalue weighted by Crippen LogP contribution is -2.23. The molecule has 1 aromatic heterocycles. The van der Waals surface area contributed by atoms with Gasteiger partial charge in [0.2, 0.25) is 0 Å². The lowest BCUT2D eigenvalue weighted by molar-refractivity contribution is 0.392. The zero-order valence-electron chi connectivity index (χ0n) is 11.0. The van der Waals surface area contributed by atoms with Gasteiger partial charge in [-0.15, -0.1) is 0 Å². The van der Waals surface area contributed by atoms with E-state index in [4.69, 9.17) is 0 Å². The van der Waals surface area contributed by atoms with Crippen LogP contribution in [0, 0.1) is 11.8 Å². The van der Waals surface area contributed by atoms with Crippen molar-refractivity contribution in [1.82, 2.24) is 15.1 Å². The topological polar surface area (TPSA) is 29.9 Å². The third-order valence-electron chi connectivity index (χ3n) is 3.07. The van der Waals surface area contributed by atoms with Gasteiger partial charge < -0.3 is 5.32 Å². The van der Waals surface area contributed by atoms with Crippen molar-refractivity contribution in [2.45, 2.75) is 47.2 Å². The maximum Gasteiger partial charge on any atom is 0.0534 e. The quantitative estimate of drug-likeness (QED) is 0.770. The van der Waals surface area contributed by atoms with E-state index in [0.717, 1.165) is 37.9 Å². The number of nitrogens with zero attached hydrogens (tertiary/aromatic N) is 2. The molecule has 92 valence electrons. The normalized spacial score (nSPS) is 13.3. The Hall–Kier alpha value is -0.830. The monoisotopic (exact) mass is 223 g/mol. The van der Waals surface area contributed by atoms with Crippen LogP contribution in [0.1, 0.15) is 39.7 Å². The molecule has 0 aliphatic heterocycles. The minimum Gasteiger partial charge on any atom is -0.312 e. The SMILES string of the molecule is CCCn1cc(CNCC(C)C(C)C)cn1. The van der Waals surface area contributed by atoms with Crippen LogP contribution in [-0.4, -0.2) is 16.3 Å². The number of aryl methyl sites for hydroxylation is 1. The highest BCUT2D eigenvalue weighted by Crippen LogP contribution is 2.08. The maximum absolute atomic E-state index is 4.32. The lowest BCUT2D eigenvalue weighted by atomic mass is 9.98. The Labute approximate surface area is 99.2 Å². The molecule has 0 amide bonds. The van der Waals surface area contributed by atoms with Gasteiger partial charge in [0, 0.05) is 24.8 Å². The molecule has 0 saturated carbocycles. The summed E-state index contributed by atoms with van der Waals surface area (Å²) in [6.45, 7) is 12.0. The summed E-state index contributed by atoms with van der Waals surface area (Å²) in [5, 5.41) is 7.80. The van der Waals surface area contributed by atoms with Gasteiger partial charge >= 0.3 is 0 Å². The van der Waals surface area contributed by atoms with Crippen LogP contribution < -0.4 is 5.32 Å². The van der Waals surface area contributed by atoms with Crippen LogP contribution in [0.25, 0.3) is 0 Å².